The van der Waals surface area contributed by atoms with Crippen LogP contribution in [0.15, 0.2) is 36.4 Å². The minimum absolute atomic E-state index is 0.625. The van der Waals surface area contributed by atoms with Gasteiger partial charge in [0.25, 0.3) is 0 Å². The molecule has 0 aromatic heterocycles. The molecular weight excluding hydrogens is 126 g/mol. The zero-order valence-electron chi connectivity index (χ0n) is 5.95. The van der Waals surface area contributed by atoms with E-state index in [0.29, 0.717) is 6.41 Å². The second-order valence-electron chi connectivity index (χ2n) is 1.56. The van der Waals surface area contributed by atoms with Gasteiger partial charge >= 0.3 is 0 Å². The Hall–Kier alpha value is -1.31. The van der Waals surface area contributed by atoms with Crippen LogP contribution < -0.4 is 5.32 Å². The Bertz CT molecular complexity index is 124. The van der Waals surface area contributed by atoms with E-state index in [0.717, 1.165) is 0 Å². The van der Waals surface area contributed by atoms with E-state index >= 15 is 0 Å². The molecule has 54 valence electrons. The number of hydrogen-bond donors (Lipinski definition) is 1. The molecule has 0 heterocycles. The van der Waals surface area contributed by atoms with Crippen LogP contribution in [0.2, 0.25) is 0 Å². The van der Waals surface area contributed by atoms with Crippen LogP contribution in [0.1, 0.15) is 0 Å². The van der Waals surface area contributed by atoms with Crippen LogP contribution in [0.4, 0.5) is 0 Å². The molecule has 0 radical (unpaired) electrons. The molecule has 0 aliphatic heterocycles. The van der Waals surface area contributed by atoms with Gasteiger partial charge < -0.3 is 5.32 Å². The Morgan fingerprint density at radius 2 is 1.20 bits per heavy atom. The predicted molar refractivity (Wildman–Crippen MR) is 41.6 cm³/mol. The predicted octanol–water partition coefficient (Wildman–Crippen LogP) is 1.05. The highest BCUT2D eigenvalue weighted by Gasteiger charge is 1.57. The minimum atomic E-state index is 0.625. The quantitative estimate of drug-likeness (QED) is 0.576. The van der Waals surface area contributed by atoms with Crippen molar-refractivity contribution in [3.63, 3.8) is 0 Å². The molecule has 0 saturated heterocycles. The van der Waals surface area contributed by atoms with E-state index in [1.807, 2.05) is 36.4 Å². The number of amides is 1. The van der Waals surface area contributed by atoms with Gasteiger partial charge in [0, 0.05) is 7.05 Å². The molecule has 0 aliphatic rings. The maximum atomic E-state index is 9.06. The molecule has 0 unspecified atom stereocenters. The molecule has 1 rings (SSSR count). The van der Waals surface area contributed by atoms with Gasteiger partial charge in [-0.25, -0.2) is 0 Å². The first-order valence-electron chi connectivity index (χ1n) is 3.02. The molecule has 1 aromatic rings. The van der Waals surface area contributed by atoms with Crippen molar-refractivity contribution in [2.45, 2.75) is 0 Å². The molecular formula is C8H11NO. The van der Waals surface area contributed by atoms with Crippen LogP contribution in [0.5, 0.6) is 0 Å². The molecule has 0 aliphatic carbocycles. The van der Waals surface area contributed by atoms with Gasteiger partial charge in [-0.1, -0.05) is 36.4 Å². The van der Waals surface area contributed by atoms with Crippen LogP contribution in [-0.4, -0.2) is 13.5 Å². The lowest BCUT2D eigenvalue weighted by molar-refractivity contribution is -0.109. The van der Waals surface area contributed by atoms with Crippen molar-refractivity contribution in [3.05, 3.63) is 36.4 Å². The van der Waals surface area contributed by atoms with E-state index in [1.54, 1.807) is 7.05 Å². The lowest BCUT2D eigenvalue weighted by Crippen LogP contribution is -1.98. The smallest absolute Gasteiger partial charge is 0.206 e. The number of carbonyl (C=O) groups is 1. The average molecular weight is 137 g/mol. The van der Waals surface area contributed by atoms with Crippen LogP contribution >= 0.6 is 0 Å². The lowest BCUT2D eigenvalue weighted by atomic mass is 10.4. The highest BCUT2D eigenvalue weighted by atomic mass is 16.1. The summed E-state index contributed by atoms with van der Waals surface area (Å²) >= 11 is 0. The first kappa shape index (κ1) is 8.69. The van der Waals surface area contributed by atoms with Crippen molar-refractivity contribution in [2.75, 3.05) is 7.05 Å². The summed E-state index contributed by atoms with van der Waals surface area (Å²) in [6.45, 7) is 0. The van der Waals surface area contributed by atoms with Gasteiger partial charge in [-0.2, -0.15) is 0 Å². The van der Waals surface area contributed by atoms with Crippen molar-refractivity contribution >= 4 is 6.41 Å². The Kier molecular flexibility index (Phi) is 6.68. The molecule has 0 spiro atoms. The van der Waals surface area contributed by atoms with Crippen LogP contribution in [-0.2, 0) is 4.79 Å². The van der Waals surface area contributed by atoms with Gasteiger partial charge in [0.2, 0.25) is 6.41 Å². The molecule has 0 atom stereocenters. The van der Waals surface area contributed by atoms with Crippen molar-refractivity contribution < 1.29 is 4.79 Å². The van der Waals surface area contributed by atoms with Gasteiger partial charge in [-0.15, -0.1) is 0 Å². The van der Waals surface area contributed by atoms with Crippen LogP contribution in [0.3, 0.4) is 0 Å². The third-order valence-corrected chi connectivity index (χ3v) is 0.785. The van der Waals surface area contributed by atoms with Crippen molar-refractivity contribution in [1.29, 1.82) is 0 Å². The van der Waals surface area contributed by atoms with E-state index in [2.05, 4.69) is 5.32 Å². The summed E-state index contributed by atoms with van der Waals surface area (Å²) in [5.41, 5.74) is 0. The highest BCUT2D eigenvalue weighted by Crippen LogP contribution is 1.79. The second-order valence-corrected chi connectivity index (χ2v) is 1.56. The first-order chi connectivity index (χ1) is 4.91. The summed E-state index contributed by atoms with van der Waals surface area (Å²) < 4.78 is 0. The minimum Gasteiger partial charge on any atom is -0.362 e. The zero-order chi connectivity index (χ0) is 7.66. The summed E-state index contributed by atoms with van der Waals surface area (Å²) in [7, 11) is 1.56. The third kappa shape index (κ3) is 6.69. The number of hydrogen-bond acceptors (Lipinski definition) is 1. The standard InChI is InChI=1S/C6H6.C2H5NO/c1-2-4-6-5-3-1;1-3-2-4/h1-6H;2H,1H3,(H,3,4). The summed E-state index contributed by atoms with van der Waals surface area (Å²) in [4.78, 5) is 9.06. The molecule has 1 aromatic carbocycles. The molecule has 1 amide bonds. The van der Waals surface area contributed by atoms with Gasteiger partial charge in [-0.05, 0) is 0 Å². The van der Waals surface area contributed by atoms with Crippen molar-refractivity contribution in [2.24, 2.45) is 0 Å². The number of rotatable bonds is 1. The first-order valence-corrected chi connectivity index (χ1v) is 3.02. The summed E-state index contributed by atoms with van der Waals surface area (Å²) in [6, 6.07) is 12.0. The van der Waals surface area contributed by atoms with Gasteiger partial charge in [0.15, 0.2) is 0 Å². The van der Waals surface area contributed by atoms with Crippen molar-refractivity contribution in [1.82, 2.24) is 5.32 Å². The van der Waals surface area contributed by atoms with Crippen molar-refractivity contribution in [3.8, 4) is 0 Å². The molecule has 1 N–H and O–H groups in total. The normalized spacial score (nSPS) is 6.90. The Labute approximate surface area is 60.9 Å². The topological polar surface area (TPSA) is 29.1 Å². The molecule has 0 saturated carbocycles. The molecule has 0 bridgehead atoms. The van der Waals surface area contributed by atoms with E-state index in [9.17, 15) is 0 Å². The number of nitrogens with one attached hydrogen (secondary N) is 1. The second kappa shape index (κ2) is 7.69. The number of benzene rings is 1. The summed E-state index contributed by atoms with van der Waals surface area (Å²) in [5.74, 6) is 0. The maximum Gasteiger partial charge on any atom is 0.206 e. The molecule has 2 heteroatoms. The van der Waals surface area contributed by atoms with Gasteiger partial charge in [-0.3, -0.25) is 4.79 Å². The van der Waals surface area contributed by atoms with E-state index in [1.165, 1.54) is 0 Å². The average Bonchev–Trinajstić information content (AvgIpc) is 2.08. The van der Waals surface area contributed by atoms with Crippen LogP contribution in [0, 0.1) is 0 Å². The zero-order valence-corrected chi connectivity index (χ0v) is 5.95. The Morgan fingerprint density at radius 3 is 1.30 bits per heavy atom. The Morgan fingerprint density at radius 1 is 1.00 bits per heavy atom. The number of carbonyl (C=O) groups excluding carboxylic acids is 1. The largest absolute Gasteiger partial charge is 0.362 e. The fourth-order valence-electron chi connectivity index (χ4n) is 0.385. The molecule has 0 fully saturated rings. The summed E-state index contributed by atoms with van der Waals surface area (Å²) in [5, 5.41) is 2.25. The van der Waals surface area contributed by atoms with E-state index in [4.69, 9.17) is 4.79 Å². The van der Waals surface area contributed by atoms with Gasteiger partial charge in [0.05, 0.1) is 0 Å². The van der Waals surface area contributed by atoms with E-state index in [-0.39, 0.29) is 0 Å². The monoisotopic (exact) mass is 137 g/mol. The van der Waals surface area contributed by atoms with Gasteiger partial charge in [0.1, 0.15) is 0 Å². The van der Waals surface area contributed by atoms with E-state index < -0.39 is 0 Å². The fraction of sp³-hybridized carbons (Fsp3) is 0.125. The Balaban J connectivity index is 0.000000180. The lowest BCUT2D eigenvalue weighted by Gasteiger charge is -1.69. The summed E-state index contributed by atoms with van der Waals surface area (Å²) in [6.07, 6.45) is 0.625. The highest BCUT2D eigenvalue weighted by molar-refractivity contribution is 5.44. The van der Waals surface area contributed by atoms with Crippen LogP contribution in [0.25, 0.3) is 0 Å². The molecule has 10 heavy (non-hydrogen) atoms. The fourth-order valence-corrected chi connectivity index (χ4v) is 0.385. The maximum absolute atomic E-state index is 9.06. The SMILES string of the molecule is CNC=O.c1ccccc1. The molecule has 2 nitrogen and oxygen atoms in total. The third-order valence-electron chi connectivity index (χ3n) is 0.785.